The summed E-state index contributed by atoms with van der Waals surface area (Å²) in [6, 6.07) is 15.9. The van der Waals surface area contributed by atoms with Gasteiger partial charge in [0.1, 0.15) is 17.2 Å². The molecule has 2 aromatic rings. The molecule has 0 aliphatic rings. The summed E-state index contributed by atoms with van der Waals surface area (Å²) in [6.45, 7) is 0. The molecule has 3 N–H and O–H groups in total. The largest absolute Gasteiger partial charge is 2.00 e. The minimum Gasteiger partial charge on any atom is -0.741 e. The van der Waals surface area contributed by atoms with Crippen molar-refractivity contribution >= 4 is 47.0 Å². The molecule has 0 atom stereocenters. The Kier molecular flexibility index (Phi) is 10.1. The fraction of sp³-hybridized carbons (Fsp3) is 0.111. The van der Waals surface area contributed by atoms with Crippen LogP contribution in [-0.2, 0) is 42.3 Å². The normalized spacial score (nSPS) is 12.9. The number of rotatable bonds is 5. The molecule has 0 heterocycles. The first-order valence-corrected chi connectivity index (χ1v) is 8.72. The molecule has 28 heavy (non-hydrogen) atoms. The molecule has 0 saturated carbocycles. The second-order valence-corrected chi connectivity index (χ2v) is 5.89. The Hall–Kier alpha value is -2.52. The van der Waals surface area contributed by atoms with Crippen LogP contribution >= 0.6 is 0 Å². The predicted molar refractivity (Wildman–Crippen MR) is 115 cm³/mol. The van der Waals surface area contributed by atoms with Gasteiger partial charge in [0, 0.05) is 25.2 Å². The second-order valence-electron chi connectivity index (χ2n) is 5.12. The molecule has 0 aliphatic carbocycles. The molecular formula is C18H18CuN6OS2. The first-order chi connectivity index (χ1) is 13.0. The van der Waals surface area contributed by atoms with E-state index in [0.29, 0.717) is 17.0 Å². The number of hydrogen-bond donors (Lipinski definition) is 3. The van der Waals surface area contributed by atoms with E-state index in [2.05, 4.69) is 31.0 Å². The predicted octanol–water partition coefficient (Wildman–Crippen LogP) is 1.74. The molecule has 0 aliphatic heterocycles. The van der Waals surface area contributed by atoms with E-state index >= 15 is 0 Å². The first-order valence-electron chi connectivity index (χ1n) is 7.91. The van der Waals surface area contributed by atoms with E-state index in [9.17, 15) is 5.11 Å². The van der Waals surface area contributed by atoms with Crippen molar-refractivity contribution < 1.29 is 22.2 Å². The van der Waals surface area contributed by atoms with Gasteiger partial charge in [0.05, 0.1) is 0 Å². The van der Waals surface area contributed by atoms with Crippen molar-refractivity contribution in [1.29, 1.82) is 0 Å². The van der Waals surface area contributed by atoms with E-state index in [1.807, 2.05) is 30.3 Å². The van der Waals surface area contributed by atoms with Gasteiger partial charge >= 0.3 is 17.1 Å². The molecule has 2 aromatic carbocycles. The average molecular weight is 462 g/mol. The van der Waals surface area contributed by atoms with Crippen LogP contribution in [-0.4, -0.2) is 41.0 Å². The Morgan fingerprint density at radius 3 is 1.57 bits per heavy atom. The van der Waals surface area contributed by atoms with Gasteiger partial charge in [0.2, 0.25) is 0 Å². The fourth-order valence-corrected chi connectivity index (χ4v) is 2.07. The van der Waals surface area contributed by atoms with E-state index in [4.69, 9.17) is 25.3 Å². The molecule has 149 valence electrons. The minimum atomic E-state index is 0. The van der Waals surface area contributed by atoms with Crippen LogP contribution in [0.4, 0.5) is 0 Å². The van der Waals surface area contributed by atoms with Crippen LogP contribution in [0.5, 0.6) is 5.75 Å². The van der Waals surface area contributed by atoms with Gasteiger partial charge in [-0.2, -0.15) is 10.2 Å². The molecule has 0 spiro atoms. The number of nitrogens with one attached hydrogen (secondary N) is 2. The molecule has 0 fully saturated rings. The van der Waals surface area contributed by atoms with Crippen molar-refractivity contribution in [2.24, 2.45) is 20.4 Å². The third kappa shape index (κ3) is 6.90. The van der Waals surface area contributed by atoms with Crippen molar-refractivity contribution in [3.05, 3.63) is 65.7 Å². The summed E-state index contributed by atoms with van der Waals surface area (Å²) >= 11 is 10.1. The molecule has 0 amide bonds. The SMILES string of the molecule is CN/C([S-])=N/N=C(/C(=N/N=C(\[S-])NC)c1ccc(O)cc1)c1ccccc1.[Cu+2]. The van der Waals surface area contributed by atoms with E-state index < -0.39 is 0 Å². The van der Waals surface area contributed by atoms with Gasteiger partial charge in [-0.05, 0) is 34.6 Å². The first kappa shape index (κ1) is 23.5. The number of phenols is 1. The van der Waals surface area contributed by atoms with Crippen LogP contribution in [0.2, 0.25) is 0 Å². The van der Waals surface area contributed by atoms with Crippen LogP contribution in [0.15, 0.2) is 75.0 Å². The number of nitrogens with zero attached hydrogens (tertiary/aromatic N) is 4. The Bertz CT molecular complexity index is 883. The zero-order chi connectivity index (χ0) is 19.6. The summed E-state index contributed by atoms with van der Waals surface area (Å²) < 4.78 is 0. The second kappa shape index (κ2) is 12.0. The van der Waals surface area contributed by atoms with Crippen molar-refractivity contribution in [3.8, 4) is 5.75 Å². The average Bonchev–Trinajstić information content (AvgIpc) is 2.71. The Labute approximate surface area is 185 Å². The molecule has 2 rings (SSSR count). The van der Waals surface area contributed by atoms with Crippen LogP contribution < -0.4 is 10.6 Å². The summed E-state index contributed by atoms with van der Waals surface area (Å²) in [5, 5.41) is 32.1. The van der Waals surface area contributed by atoms with Crippen molar-refractivity contribution in [1.82, 2.24) is 10.6 Å². The Morgan fingerprint density at radius 1 is 0.714 bits per heavy atom. The topological polar surface area (TPSA) is 93.7 Å². The third-order valence-electron chi connectivity index (χ3n) is 3.32. The summed E-state index contributed by atoms with van der Waals surface area (Å²) in [7, 11) is 3.33. The Balaban J connectivity index is 0.00000392. The maximum atomic E-state index is 9.59. The molecule has 10 heteroatoms. The number of benzene rings is 2. The van der Waals surface area contributed by atoms with E-state index in [-0.39, 0.29) is 33.2 Å². The van der Waals surface area contributed by atoms with E-state index in [1.165, 1.54) is 0 Å². The van der Waals surface area contributed by atoms with E-state index in [1.54, 1.807) is 38.4 Å². The fourth-order valence-electron chi connectivity index (χ4n) is 1.99. The molecule has 0 bridgehead atoms. The van der Waals surface area contributed by atoms with Gasteiger partial charge in [-0.1, -0.05) is 30.3 Å². The van der Waals surface area contributed by atoms with Crippen molar-refractivity contribution in [2.45, 2.75) is 0 Å². The third-order valence-corrected chi connectivity index (χ3v) is 3.89. The van der Waals surface area contributed by atoms with Gasteiger partial charge in [0.15, 0.2) is 0 Å². The standard InChI is InChI=1S/C18H20N6OS2.Cu/c1-19-17(26)23-21-15(12-6-4-3-5-7-12)16(22-24-18(27)20-2)13-8-10-14(25)11-9-13;/h3-11,25H,1-2H3,(H2,19,23,26)(H2,20,24,27);/q;+2/p-2/b21-15+,22-16+;. The van der Waals surface area contributed by atoms with Crippen LogP contribution in [0.25, 0.3) is 0 Å². The minimum absolute atomic E-state index is 0. The van der Waals surface area contributed by atoms with Gasteiger partial charge in [-0.15, -0.1) is 10.2 Å². The van der Waals surface area contributed by atoms with E-state index in [0.717, 1.165) is 5.56 Å². The maximum Gasteiger partial charge on any atom is 2.00 e. The quantitative estimate of drug-likeness (QED) is 0.207. The summed E-state index contributed by atoms with van der Waals surface area (Å²) in [6.07, 6.45) is 0. The number of amidine groups is 2. The zero-order valence-corrected chi connectivity index (χ0v) is 17.6. The van der Waals surface area contributed by atoms with Crippen molar-refractivity contribution in [2.75, 3.05) is 14.1 Å². The van der Waals surface area contributed by atoms with Crippen LogP contribution in [0.3, 0.4) is 0 Å². The maximum absolute atomic E-state index is 9.59. The molecule has 0 saturated heterocycles. The van der Waals surface area contributed by atoms with Gasteiger partial charge in [-0.25, -0.2) is 0 Å². The summed E-state index contributed by atoms with van der Waals surface area (Å²) in [5.74, 6) is 0.139. The summed E-state index contributed by atoms with van der Waals surface area (Å²) in [4.78, 5) is 0. The van der Waals surface area contributed by atoms with Gasteiger partial charge < -0.3 is 41.0 Å². The zero-order valence-electron chi connectivity index (χ0n) is 15.1. The van der Waals surface area contributed by atoms with Crippen LogP contribution in [0.1, 0.15) is 11.1 Å². The monoisotopic (exact) mass is 461 g/mol. The number of hydrogen-bond acceptors (Lipinski definition) is 7. The summed E-state index contributed by atoms with van der Waals surface area (Å²) in [5.41, 5.74) is 2.35. The molecule has 0 unspecified atom stereocenters. The molecule has 7 nitrogen and oxygen atoms in total. The molecule has 1 radical (unpaired) electrons. The molecular weight excluding hydrogens is 444 g/mol. The van der Waals surface area contributed by atoms with Crippen molar-refractivity contribution in [3.63, 3.8) is 0 Å². The smallest absolute Gasteiger partial charge is 0.741 e. The van der Waals surface area contributed by atoms with Gasteiger partial charge in [0.25, 0.3) is 0 Å². The number of phenolic OH excluding ortho intramolecular Hbond substituents is 1. The van der Waals surface area contributed by atoms with Crippen LogP contribution in [0, 0.1) is 0 Å². The number of aromatic hydroxyl groups is 1. The Morgan fingerprint density at radius 2 is 1.14 bits per heavy atom. The molecule has 0 aromatic heterocycles. The van der Waals surface area contributed by atoms with Gasteiger partial charge in [-0.3, -0.25) is 0 Å².